The van der Waals surface area contributed by atoms with E-state index in [0.717, 1.165) is 19.6 Å². The first-order chi connectivity index (χ1) is 8.22. The summed E-state index contributed by atoms with van der Waals surface area (Å²) in [6.45, 7) is 8.37. The van der Waals surface area contributed by atoms with Crippen molar-refractivity contribution < 1.29 is 4.74 Å². The second-order valence-electron chi connectivity index (χ2n) is 4.85. The van der Waals surface area contributed by atoms with Gasteiger partial charge in [0.1, 0.15) is 5.01 Å². The molecule has 2 unspecified atom stereocenters. The van der Waals surface area contributed by atoms with Crippen LogP contribution in [-0.2, 0) is 4.74 Å². The van der Waals surface area contributed by atoms with Gasteiger partial charge in [-0.15, -0.1) is 11.3 Å². The van der Waals surface area contributed by atoms with Crippen molar-refractivity contribution in [1.29, 1.82) is 0 Å². The third-order valence-electron chi connectivity index (χ3n) is 3.16. The van der Waals surface area contributed by atoms with E-state index in [0.29, 0.717) is 12.0 Å². The Balaban J connectivity index is 2.13. The van der Waals surface area contributed by atoms with Gasteiger partial charge < -0.3 is 10.1 Å². The van der Waals surface area contributed by atoms with Crippen molar-refractivity contribution in [2.24, 2.45) is 0 Å². The Kier molecular flexibility index (Phi) is 4.54. The molecule has 1 aromatic rings. The van der Waals surface area contributed by atoms with Gasteiger partial charge in [-0.1, -0.05) is 20.8 Å². The number of hydrogen-bond acceptors (Lipinski definition) is 4. The van der Waals surface area contributed by atoms with E-state index in [2.05, 4.69) is 31.5 Å². The van der Waals surface area contributed by atoms with E-state index < -0.39 is 0 Å². The number of nitrogens with one attached hydrogen (secondary N) is 1. The van der Waals surface area contributed by atoms with Crippen LogP contribution in [0.2, 0.25) is 0 Å². The highest BCUT2D eigenvalue weighted by Crippen LogP contribution is 2.30. The molecule has 2 rings (SSSR count). The van der Waals surface area contributed by atoms with Crippen molar-refractivity contribution in [3.05, 3.63) is 16.1 Å². The van der Waals surface area contributed by atoms with Gasteiger partial charge in [0.05, 0.1) is 17.8 Å². The number of hydrogen-bond donors (Lipinski definition) is 1. The predicted molar refractivity (Wildman–Crippen MR) is 71.6 cm³/mol. The zero-order valence-corrected chi connectivity index (χ0v) is 11.7. The minimum atomic E-state index is 0.278. The highest BCUT2D eigenvalue weighted by molar-refractivity contribution is 7.09. The number of rotatable bonds is 5. The van der Waals surface area contributed by atoms with Crippen molar-refractivity contribution in [1.82, 2.24) is 10.3 Å². The summed E-state index contributed by atoms with van der Waals surface area (Å²) >= 11 is 1.76. The molecule has 1 saturated heterocycles. The lowest BCUT2D eigenvalue weighted by Crippen LogP contribution is -2.31. The van der Waals surface area contributed by atoms with Crippen LogP contribution in [0.1, 0.15) is 56.3 Å². The standard InChI is InChI=1S/C13H22N2OS/c1-4-14-12(11-6-5-7-16-11)13-15-10(8-17-13)9(2)3/h8-9,11-12,14H,4-7H2,1-3H3. The number of ether oxygens (including phenoxy) is 1. The average molecular weight is 254 g/mol. The van der Waals surface area contributed by atoms with Gasteiger partial charge in [0, 0.05) is 12.0 Å². The molecule has 2 heterocycles. The summed E-state index contributed by atoms with van der Waals surface area (Å²) in [5.41, 5.74) is 1.20. The summed E-state index contributed by atoms with van der Waals surface area (Å²) in [6.07, 6.45) is 2.63. The molecule has 0 aromatic carbocycles. The van der Waals surface area contributed by atoms with Crippen LogP contribution in [0.5, 0.6) is 0 Å². The second kappa shape index (κ2) is 5.94. The Morgan fingerprint density at radius 2 is 2.41 bits per heavy atom. The molecule has 1 N–H and O–H groups in total. The normalized spacial score (nSPS) is 22.2. The van der Waals surface area contributed by atoms with Gasteiger partial charge >= 0.3 is 0 Å². The molecule has 4 heteroatoms. The predicted octanol–water partition coefficient (Wildman–Crippen LogP) is 3.10. The summed E-state index contributed by atoms with van der Waals surface area (Å²) in [4.78, 5) is 4.75. The van der Waals surface area contributed by atoms with Crippen LogP contribution in [0.4, 0.5) is 0 Å². The third kappa shape index (κ3) is 3.06. The molecule has 1 aliphatic heterocycles. The molecule has 0 radical (unpaired) electrons. The molecule has 0 saturated carbocycles. The Labute approximate surface area is 108 Å². The van der Waals surface area contributed by atoms with Crippen molar-refractivity contribution in [2.45, 2.75) is 51.7 Å². The van der Waals surface area contributed by atoms with Gasteiger partial charge in [-0.2, -0.15) is 0 Å². The zero-order valence-electron chi connectivity index (χ0n) is 10.9. The van der Waals surface area contributed by atoms with Crippen LogP contribution in [0.25, 0.3) is 0 Å². The smallest absolute Gasteiger partial charge is 0.113 e. The van der Waals surface area contributed by atoms with E-state index in [9.17, 15) is 0 Å². The van der Waals surface area contributed by atoms with E-state index >= 15 is 0 Å². The molecule has 1 aliphatic rings. The molecular formula is C13H22N2OS. The lowest BCUT2D eigenvalue weighted by atomic mass is 10.1. The fourth-order valence-corrected chi connectivity index (χ4v) is 3.28. The van der Waals surface area contributed by atoms with Gasteiger partial charge in [-0.25, -0.2) is 4.98 Å². The number of likely N-dealkylation sites (N-methyl/N-ethyl adjacent to an activating group) is 1. The minimum absolute atomic E-state index is 0.278. The van der Waals surface area contributed by atoms with Gasteiger partial charge in [-0.05, 0) is 25.3 Å². The second-order valence-corrected chi connectivity index (χ2v) is 5.74. The molecule has 0 bridgehead atoms. The fraction of sp³-hybridized carbons (Fsp3) is 0.769. The van der Waals surface area contributed by atoms with E-state index in [1.54, 1.807) is 11.3 Å². The van der Waals surface area contributed by atoms with Gasteiger partial charge in [0.25, 0.3) is 0 Å². The molecule has 0 amide bonds. The molecule has 0 aliphatic carbocycles. The lowest BCUT2D eigenvalue weighted by Gasteiger charge is -2.21. The van der Waals surface area contributed by atoms with Crippen LogP contribution >= 0.6 is 11.3 Å². The SMILES string of the molecule is CCNC(c1nc(C(C)C)cs1)C1CCCO1. The maximum Gasteiger partial charge on any atom is 0.113 e. The van der Waals surface area contributed by atoms with E-state index in [-0.39, 0.29) is 6.04 Å². The first-order valence-electron chi connectivity index (χ1n) is 6.52. The van der Waals surface area contributed by atoms with E-state index in [4.69, 9.17) is 9.72 Å². The topological polar surface area (TPSA) is 34.2 Å². The summed E-state index contributed by atoms with van der Waals surface area (Å²) < 4.78 is 5.80. The maximum atomic E-state index is 5.80. The van der Waals surface area contributed by atoms with Crippen LogP contribution in [-0.4, -0.2) is 24.2 Å². The molecule has 2 atom stereocenters. The van der Waals surface area contributed by atoms with Gasteiger partial charge in [-0.3, -0.25) is 0 Å². The van der Waals surface area contributed by atoms with E-state index in [1.165, 1.54) is 17.1 Å². The van der Waals surface area contributed by atoms with Gasteiger partial charge in [0.2, 0.25) is 0 Å². The van der Waals surface area contributed by atoms with Crippen molar-refractivity contribution in [2.75, 3.05) is 13.2 Å². The van der Waals surface area contributed by atoms with Crippen LogP contribution in [0.3, 0.4) is 0 Å². The van der Waals surface area contributed by atoms with Crippen molar-refractivity contribution in [3.8, 4) is 0 Å². The minimum Gasteiger partial charge on any atom is -0.376 e. The highest BCUT2D eigenvalue weighted by atomic mass is 32.1. The first-order valence-corrected chi connectivity index (χ1v) is 7.40. The quantitative estimate of drug-likeness (QED) is 0.876. The Morgan fingerprint density at radius 3 is 2.94 bits per heavy atom. The average Bonchev–Trinajstić information content (AvgIpc) is 2.97. The molecule has 0 spiro atoms. The van der Waals surface area contributed by atoms with Crippen molar-refractivity contribution in [3.63, 3.8) is 0 Å². The largest absolute Gasteiger partial charge is 0.376 e. The number of thiazole rings is 1. The van der Waals surface area contributed by atoms with Gasteiger partial charge in [0.15, 0.2) is 0 Å². The van der Waals surface area contributed by atoms with Crippen LogP contribution in [0.15, 0.2) is 5.38 Å². The van der Waals surface area contributed by atoms with Crippen molar-refractivity contribution >= 4 is 11.3 Å². The lowest BCUT2D eigenvalue weighted by molar-refractivity contribution is 0.0787. The Hall–Kier alpha value is -0.450. The summed E-state index contributed by atoms with van der Waals surface area (Å²) in [7, 11) is 0. The number of aromatic nitrogens is 1. The first kappa shape index (κ1) is 13.0. The van der Waals surface area contributed by atoms with Crippen LogP contribution in [0, 0.1) is 0 Å². The summed E-state index contributed by atoms with van der Waals surface area (Å²) in [6, 6.07) is 0.278. The molecule has 1 fully saturated rings. The highest BCUT2D eigenvalue weighted by Gasteiger charge is 2.28. The molecule has 96 valence electrons. The molecule has 17 heavy (non-hydrogen) atoms. The third-order valence-corrected chi connectivity index (χ3v) is 4.10. The fourth-order valence-electron chi connectivity index (χ4n) is 2.17. The monoisotopic (exact) mass is 254 g/mol. The zero-order chi connectivity index (χ0) is 12.3. The van der Waals surface area contributed by atoms with E-state index in [1.807, 2.05) is 0 Å². The van der Waals surface area contributed by atoms with Crippen LogP contribution < -0.4 is 5.32 Å². The Bertz CT molecular complexity index is 345. The molecular weight excluding hydrogens is 232 g/mol. The molecule has 1 aromatic heterocycles. The molecule has 3 nitrogen and oxygen atoms in total. The summed E-state index contributed by atoms with van der Waals surface area (Å²) in [5, 5.41) is 6.88. The Morgan fingerprint density at radius 1 is 1.59 bits per heavy atom. The summed E-state index contributed by atoms with van der Waals surface area (Å²) in [5.74, 6) is 0.506. The maximum absolute atomic E-state index is 5.80. The number of nitrogens with zero attached hydrogens (tertiary/aromatic N) is 1.